The van der Waals surface area contributed by atoms with Crippen LogP contribution in [-0.2, 0) is 6.54 Å². The molecule has 0 fully saturated rings. The number of aryl methyl sites for hydroxylation is 1. The van der Waals surface area contributed by atoms with Crippen molar-refractivity contribution in [3.8, 4) is 0 Å². The zero-order chi connectivity index (χ0) is 18.6. The van der Waals surface area contributed by atoms with Gasteiger partial charge in [-0.15, -0.1) is 24.0 Å². The minimum atomic E-state index is -0.0365. The zero-order valence-corrected chi connectivity index (χ0v) is 18.3. The predicted molar refractivity (Wildman–Crippen MR) is 123 cm³/mol. The monoisotopic (exact) mass is 480 g/mol. The van der Waals surface area contributed by atoms with Crippen molar-refractivity contribution in [3.05, 3.63) is 71.3 Å². The molecule has 27 heavy (non-hydrogen) atoms. The van der Waals surface area contributed by atoms with Crippen LogP contribution in [0, 0.1) is 6.92 Å². The van der Waals surface area contributed by atoms with Crippen LogP contribution in [0.1, 0.15) is 34.8 Å². The second kappa shape index (κ2) is 13.1. The number of aliphatic imine (C=N–C) groups is 1. The Morgan fingerprint density at radius 2 is 1.59 bits per heavy atom. The van der Waals surface area contributed by atoms with Gasteiger partial charge in [0.05, 0.1) is 6.54 Å². The summed E-state index contributed by atoms with van der Waals surface area (Å²) in [4.78, 5) is 16.6. The molecule has 0 unspecified atom stereocenters. The smallest absolute Gasteiger partial charge is 0.251 e. The van der Waals surface area contributed by atoms with Gasteiger partial charge in [0.2, 0.25) is 0 Å². The van der Waals surface area contributed by atoms with Crippen LogP contribution in [0.4, 0.5) is 0 Å². The van der Waals surface area contributed by atoms with Crippen LogP contribution in [0.15, 0.2) is 59.6 Å². The van der Waals surface area contributed by atoms with E-state index in [1.165, 1.54) is 11.1 Å². The van der Waals surface area contributed by atoms with Crippen LogP contribution >= 0.6 is 24.0 Å². The summed E-state index contributed by atoms with van der Waals surface area (Å²) in [6, 6.07) is 17.7. The number of rotatable bonds is 8. The zero-order valence-electron chi connectivity index (χ0n) is 16.0. The fourth-order valence-electron chi connectivity index (χ4n) is 2.39. The van der Waals surface area contributed by atoms with E-state index in [0.717, 1.165) is 25.5 Å². The third-order valence-electron chi connectivity index (χ3n) is 3.85. The van der Waals surface area contributed by atoms with E-state index in [-0.39, 0.29) is 29.9 Å². The molecule has 146 valence electrons. The van der Waals surface area contributed by atoms with Crippen molar-refractivity contribution in [3.63, 3.8) is 0 Å². The molecule has 0 aromatic heterocycles. The maximum atomic E-state index is 12.0. The highest BCUT2D eigenvalue weighted by molar-refractivity contribution is 14.0. The first-order valence-corrected chi connectivity index (χ1v) is 9.10. The third kappa shape index (κ3) is 8.90. The van der Waals surface area contributed by atoms with Gasteiger partial charge < -0.3 is 16.0 Å². The number of halogens is 1. The maximum Gasteiger partial charge on any atom is 0.251 e. The van der Waals surface area contributed by atoms with Gasteiger partial charge in [-0.3, -0.25) is 4.79 Å². The van der Waals surface area contributed by atoms with Gasteiger partial charge in [0.25, 0.3) is 5.91 Å². The summed E-state index contributed by atoms with van der Waals surface area (Å²) < 4.78 is 0. The van der Waals surface area contributed by atoms with Crippen LogP contribution in [0.5, 0.6) is 0 Å². The maximum absolute atomic E-state index is 12.0. The Kier molecular flexibility index (Phi) is 11.2. The number of nitrogens with zero attached hydrogens (tertiary/aromatic N) is 1. The number of amides is 1. The van der Waals surface area contributed by atoms with E-state index in [0.29, 0.717) is 18.7 Å². The van der Waals surface area contributed by atoms with Crippen molar-refractivity contribution in [2.24, 2.45) is 4.99 Å². The average molecular weight is 480 g/mol. The number of carbonyl (C=O) groups excluding carboxylic acids is 1. The normalized spacial score (nSPS) is 10.7. The lowest BCUT2D eigenvalue weighted by Gasteiger charge is -2.11. The highest BCUT2D eigenvalue weighted by atomic mass is 127. The van der Waals surface area contributed by atoms with Crippen LogP contribution in [0.3, 0.4) is 0 Å². The summed E-state index contributed by atoms with van der Waals surface area (Å²) in [5.41, 5.74) is 3.12. The number of hydrogen-bond acceptors (Lipinski definition) is 2. The molecule has 0 bridgehead atoms. The van der Waals surface area contributed by atoms with Crippen LogP contribution in [0.25, 0.3) is 0 Å². The second-order valence-corrected chi connectivity index (χ2v) is 6.08. The molecule has 2 rings (SSSR count). The van der Waals surface area contributed by atoms with E-state index >= 15 is 0 Å². The topological polar surface area (TPSA) is 65.5 Å². The van der Waals surface area contributed by atoms with Gasteiger partial charge in [0.1, 0.15) is 0 Å². The molecule has 3 N–H and O–H groups in total. The van der Waals surface area contributed by atoms with E-state index in [2.05, 4.69) is 52.1 Å². The molecule has 0 saturated heterocycles. The highest BCUT2D eigenvalue weighted by Gasteiger charge is 2.03. The molecule has 0 saturated carbocycles. The molecular formula is C21H29IN4O. The SMILES string of the molecule is CCNC(=NCc1ccc(C)cc1)NCCCNC(=O)c1ccccc1.I. The highest BCUT2D eigenvalue weighted by Crippen LogP contribution is 2.04. The summed E-state index contributed by atoms with van der Waals surface area (Å²) in [5.74, 6) is 0.757. The molecule has 1 amide bonds. The van der Waals surface area contributed by atoms with E-state index in [4.69, 9.17) is 0 Å². The van der Waals surface area contributed by atoms with E-state index in [1.807, 2.05) is 37.3 Å². The van der Waals surface area contributed by atoms with E-state index < -0.39 is 0 Å². The molecule has 2 aromatic rings. The standard InChI is InChI=1S/C21H28N4O.HI/c1-3-22-21(25-16-18-12-10-17(2)11-13-18)24-15-7-14-23-20(26)19-8-5-4-6-9-19;/h4-6,8-13H,3,7,14-16H2,1-2H3,(H,23,26)(H2,22,24,25);1H. The van der Waals surface area contributed by atoms with Crippen molar-refractivity contribution < 1.29 is 4.79 Å². The van der Waals surface area contributed by atoms with Gasteiger partial charge in [-0.05, 0) is 38.0 Å². The first-order valence-electron chi connectivity index (χ1n) is 9.10. The van der Waals surface area contributed by atoms with Gasteiger partial charge in [-0.2, -0.15) is 0 Å². The summed E-state index contributed by atoms with van der Waals surface area (Å²) in [6.45, 7) is 6.94. The van der Waals surface area contributed by atoms with Crippen molar-refractivity contribution in [2.45, 2.75) is 26.8 Å². The molecule has 0 aliphatic heterocycles. The van der Waals surface area contributed by atoms with Gasteiger partial charge >= 0.3 is 0 Å². The second-order valence-electron chi connectivity index (χ2n) is 6.08. The lowest BCUT2D eigenvalue weighted by Crippen LogP contribution is -2.38. The summed E-state index contributed by atoms with van der Waals surface area (Å²) in [5, 5.41) is 9.47. The summed E-state index contributed by atoms with van der Waals surface area (Å²) in [7, 11) is 0. The van der Waals surface area contributed by atoms with Crippen molar-refractivity contribution >= 4 is 35.8 Å². The molecular weight excluding hydrogens is 451 g/mol. The van der Waals surface area contributed by atoms with Crippen molar-refractivity contribution in [2.75, 3.05) is 19.6 Å². The molecule has 6 heteroatoms. The third-order valence-corrected chi connectivity index (χ3v) is 3.85. The fourth-order valence-corrected chi connectivity index (χ4v) is 2.39. The first kappa shape index (κ1) is 23.0. The van der Waals surface area contributed by atoms with Crippen LogP contribution in [-0.4, -0.2) is 31.5 Å². The molecule has 0 aliphatic carbocycles. The molecule has 5 nitrogen and oxygen atoms in total. The Morgan fingerprint density at radius 1 is 0.926 bits per heavy atom. The largest absolute Gasteiger partial charge is 0.357 e. The Balaban J connectivity index is 0.00000364. The number of guanidine groups is 1. The van der Waals surface area contributed by atoms with Crippen LogP contribution < -0.4 is 16.0 Å². The molecule has 0 heterocycles. The Hall–Kier alpha value is -2.09. The molecule has 0 spiro atoms. The Bertz CT molecular complexity index is 702. The van der Waals surface area contributed by atoms with Crippen molar-refractivity contribution in [1.29, 1.82) is 0 Å². The molecule has 0 radical (unpaired) electrons. The van der Waals surface area contributed by atoms with Gasteiger partial charge in [-0.25, -0.2) is 4.99 Å². The number of carbonyl (C=O) groups is 1. The fraction of sp³-hybridized carbons (Fsp3) is 0.333. The first-order chi connectivity index (χ1) is 12.7. The number of nitrogens with one attached hydrogen (secondary N) is 3. The lowest BCUT2D eigenvalue weighted by atomic mass is 10.1. The minimum absolute atomic E-state index is 0. The molecule has 0 atom stereocenters. The van der Waals surface area contributed by atoms with E-state index in [9.17, 15) is 4.79 Å². The Labute approximate surface area is 179 Å². The lowest BCUT2D eigenvalue weighted by molar-refractivity contribution is 0.0953. The van der Waals surface area contributed by atoms with Gasteiger partial charge in [0, 0.05) is 25.2 Å². The van der Waals surface area contributed by atoms with E-state index in [1.54, 1.807) is 0 Å². The van der Waals surface area contributed by atoms with Crippen LogP contribution in [0.2, 0.25) is 0 Å². The minimum Gasteiger partial charge on any atom is -0.357 e. The van der Waals surface area contributed by atoms with Gasteiger partial charge in [0.15, 0.2) is 5.96 Å². The number of hydrogen-bond donors (Lipinski definition) is 3. The Morgan fingerprint density at radius 3 is 2.26 bits per heavy atom. The average Bonchev–Trinajstić information content (AvgIpc) is 2.67. The number of benzene rings is 2. The molecule has 2 aromatic carbocycles. The molecule has 0 aliphatic rings. The van der Waals surface area contributed by atoms with Gasteiger partial charge in [-0.1, -0.05) is 48.0 Å². The summed E-state index contributed by atoms with van der Waals surface area (Å²) in [6.07, 6.45) is 0.827. The predicted octanol–water partition coefficient (Wildman–Crippen LogP) is 3.49. The quantitative estimate of drug-likeness (QED) is 0.235. The van der Waals surface area contributed by atoms with Crippen molar-refractivity contribution in [1.82, 2.24) is 16.0 Å². The summed E-state index contributed by atoms with van der Waals surface area (Å²) >= 11 is 0.